The molecule has 0 amide bonds. The molecule has 0 saturated carbocycles. The SMILES string of the molecule is CC(=O)C([C]=O)c1ccccc1. The minimum absolute atomic E-state index is 0.170. The Bertz CT molecular complexity index is 277. The van der Waals surface area contributed by atoms with E-state index in [4.69, 9.17) is 0 Å². The van der Waals surface area contributed by atoms with Crippen molar-refractivity contribution in [3.8, 4) is 0 Å². The first kappa shape index (κ1) is 8.65. The summed E-state index contributed by atoms with van der Waals surface area (Å²) in [6, 6.07) is 8.92. The number of benzene rings is 1. The molecule has 2 nitrogen and oxygen atoms in total. The highest BCUT2D eigenvalue weighted by molar-refractivity contribution is 5.97. The van der Waals surface area contributed by atoms with Gasteiger partial charge in [0.05, 0.1) is 0 Å². The number of hydrogen-bond donors (Lipinski definition) is 0. The minimum Gasteiger partial charge on any atom is -0.299 e. The number of carbonyl (C=O) groups excluding carboxylic acids is 2. The molecule has 0 bridgehead atoms. The Hall–Kier alpha value is -1.44. The van der Waals surface area contributed by atoms with E-state index in [1.807, 2.05) is 6.07 Å². The third-order valence-corrected chi connectivity index (χ3v) is 1.66. The zero-order chi connectivity index (χ0) is 8.97. The van der Waals surface area contributed by atoms with Crippen molar-refractivity contribution in [3.63, 3.8) is 0 Å². The molecular formula is C10H9O2. The summed E-state index contributed by atoms with van der Waals surface area (Å²) in [5.74, 6) is -0.887. The van der Waals surface area contributed by atoms with Crippen LogP contribution in [0.15, 0.2) is 30.3 Å². The maximum atomic E-state index is 10.9. The number of Topliss-reactive ketones (excluding diaryl/α,β-unsaturated/α-hetero) is 1. The van der Waals surface area contributed by atoms with Gasteiger partial charge in [0.2, 0.25) is 6.29 Å². The topological polar surface area (TPSA) is 34.1 Å². The molecule has 1 radical (unpaired) electrons. The van der Waals surface area contributed by atoms with E-state index in [0.717, 1.165) is 0 Å². The van der Waals surface area contributed by atoms with Gasteiger partial charge in [0.15, 0.2) is 0 Å². The molecule has 0 aliphatic rings. The summed E-state index contributed by atoms with van der Waals surface area (Å²) < 4.78 is 0. The third-order valence-electron chi connectivity index (χ3n) is 1.66. The molecule has 1 aromatic carbocycles. The van der Waals surface area contributed by atoms with Gasteiger partial charge in [-0.3, -0.25) is 9.59 Å². The molecule has 1 unspecified atom stereocenters. The average molecular weight is 161 g/mol. The van der Waals surface area contributed by atoms with Crippen molar-refractivity contribution in [3.05, 3.63) is 35.9 Å². The molecule has 61 valence electrons. The second-order valence-corrected chi connectivity index (χ2v) is 2.57. The van der Waals surface area contributed by atoms with Gasteiger partial charge in [-0.25, -0.2) is 0 Å². The standard InChI is InChI=1S/C10H9O2/c1-8(12)10(7-11)9-5-3-2-4-6-9/h2-6,10H,1H3. The first-order chi connectivity index (χ1) is 5.75. The maximum absolute atomic E-state index is 10.9. The van der Waals surface area contributed by atoms with Crippen LogP contribution in [0.4, 0.5) is 0 Å². The maximum Gasteiger partial charge on any atom is 0.214 e. The Balaban J connectivity index is 2.95. The third kappa shape index (κ3) is 1.78. The van der Waals surface area contributed by atoms with E-state index in [1.165, 1.54) is 6.92 Å². The van der Waals surface area contributed by atoms with Gasteiger partial charge in [0, 0.05) is 0 Å². The predicted octanol–water partition coefficient (Wildman–Crippen LogP) is 1.47. The fraction of sp³-hybridized carbons (Fsp3) is 0.200. The summed E-state index contributed by atoms with van der Waals surface area (Å²) in [7, 11) is 0. The van der Waals surface area contributed by atoms with Crippen LogP contribution in [-0.2, 0) is 9.59 Å². The molecule has 0 aromatic heterocycles. The largest absolute Gasteiger partial charge is 0.299 e. The zero-order valence-electron chi connectivity index (χ0n) is 6.78. The van der Waals surface area contributed by atoms with Crippen molar-refractivity contribution in [2.24, 2.45) is 0 Å². The van der Waals surface area contributed by atoms with Gasteiger partial charge in [-0.15, -0.1) is 0 Å². The highest BCUT2D eigenvalue weighted by Crippen LogP contribution is 2.13. The summed E-state index contributed by atoms with van der Waals surface area (Å²) in [6.07, 6.45) is 1.72. The summed E-state index contributed by atoms with van der Waals surface area (Å²) in [5, 5.41) is 0. The van der Waals surface area contributed by atoms with Crippen LogP contribution in [0, 0.1) is 0 Å². The first-order valence-electron chi connectivity index (χ1n) is 3.68. The van der Waals surface area contributed by atoms with Crippen molar-refractivity contribution < 1.29 is 9.59 Å². The lowest BCUT2D eigenvalue weighted by Crippen LogP contribution is -2.09. The van der Waals surface area contributed by atoms with Crippen molar-refractivity contribution in [1.82, 2.24) is 0 Å². The Morgan fingerprint density at radius 1 is 1.33 bits per heavy atom. The fourth-order valence-corrected chi connectivity index (χ4v) is 1.03. The number of hydrogen-bond acceptors (Lipinski definition) is 2. The molecule has 0 saturated heterocycles. The van der Waals surface area contributed by atoms with Crippen molar-refractivity contribution in [2.75, 3.05) is 0 Å². The van der Waals surface area contributed by atoms with E-state index in [9.17, 15) is 9.59 Å². The van der Waals surface area contributed by atoms with Gasteiger partial charge in [0.25, 0.3) is 0 Å². The van der Waals surface area contributed by atoms with Crippen LogP contribution in [0.25, 0.3) is 0 Å². The van der Waals surface area contributed by atoms with Crippen LogP contribution >= 0.6 is 0 Å². The average Bonchev–Trinajstić information content (AvgIpc) is 2.07. The zero-order valence-corrected chi connectivity index (χ0v) is 6.78. The van der Waals surface area contributed by atoms with E-state index in [1.54, 1.807) is 30.6 Å². The van der Waals surface area contributed by atoms with Crippen molar-refractivity contribution in [2.45, 2.75) is 12.8 Å². The first-order valence-corrected chi connectivity index (χ1v) is 3.68. The lowest BCUT2D eigenvalue weighted by Gasteiger charge is -2.03. The highest BCUT2D eigenvalue weighted by atomic mass is 16.1. The molecule has 0 N–H and O–H groups in total. The van der Waals surface area contributed by atoms with Gasteiger partial charge < -0.3 is 0 Å². The molecule has 2 heteroatoms. The van der Waals surface area contributed by atoms with E-state index in [2.05, 4.69) is 0 Å². The van der Waals surface area contributed by atoms with Crippen LogP contribution in [0.3, 0.4) is 0 Å². The van der Waals surface area contributed by atoms with Gasteiger partial charge >= 0.3 is 0 Å². The minimum atomic E-state index is -0.716. The number of ketones is 1. The van der Waals surface area contributed by atoms with Gasteiger partial charge in [-0.05, 0) is 12.5 Å². The Morgan fingerprint density at radius 3 is 2.33 bits per heavy atom. The summed E-state index contributed by atoms with van der Waals surface area (Å²) >= 11 is 0. The number of carbonyl (C=O) groups is 1. The monoisotopic (exact) mass is 161 g/mol. The molecule has 1 aromatic rings. The van der Waals surface area contributed by atoms with Crippen LogP contribution in [0.1, 0.15) is 18.4 Å². The van der Waals surface area contributed by atoms with Crippen molar-refractivity contribution in [1.29, 1.82) is 0 Å². The highest BCUT2D eigenvalue weighted by Gasteiger charge is 2.15. The molecule has 1 rings (SSSR count). The lowest BCUT2D eigenvalue weighted by molar-refractivity contribution is -0.117. The fourth-order valence-electron chi connectivity index (χ4n) is 1.03. The predicted molar refractivity (Wildman–Crippen MR) is 45.6 cm³/mol. The molecule has 0 heterocycles. The van der Waals surface area contributed by atoms with E-state index in [0.29, 0.717) is 5.56 Å². The van der Waals surface area contributed by atoms with E-state index >= 15 is 0 Å². The van der Waals surface area contributed by atoms with Gasteiger partial charge in [0.1, 0.15) is 11.7 Å². The van der Waals surface area contributed by atoms with Crippen LogP contribution in [0.5, 0.6) is 0 Å². The quantitative estimate of drug-likeness (QED) is 0.629. The Kier molecular flexibility index (Phi) is 2.75. The van der Waals surface area contributed by atoms with E-state index < -0.39 is 5.92 Å². The summed E-state index contributed by atoms with van der Waals surface area (Å²) in [4.78, 5) is 21.3. The van der Waals surface area contributed by atoms with Crippen LogP contribution < -0.4 is 0 Å². The molecule has 1 atom stereocenters. The van der Waals surface area contributed by atoms with E-state index in [-0.39, 0.29) is 5.78 Å². The molecule has 0 aliphatic carbocycles. The van der Waals surface area contributed by atoms with Gasteiger partial charge in [-0.2, -0.15) is 0 Å². The van der Waals surface area contributed by atoms with Crippen LogP contribution in [0.2, 0.25) is 0 Å². The summed E-state index contributed by atoms with van der Waals surface area (Å²) in [5.41, 5.74) is 0.708. The van der Waals surface area contributed by atoms with Crippen LogP contribution in [-0.4, -0.2) is 12.1 Å². The Labute approximate surface area is 71.2 Å². The summed E-state index contributed by atoms with van der Waals surface area (Å²) in [6.45, 7) is 1.39. The normalized spacial score (nSPS) is 12.1. The molecule has 0 aliphatic heterocycles. The van der Waals surface area contributed by atoms with Crippen molar-refractivity contribution >= 4 is 12.1 Å². The lowest BCUT2D eigenvalue weighted by atomic mass is 9.97. The van der Waals surface area contributed by atoms with Gasteiger partial charge in [-0.1, -0.05) is 30.3 Å². The Morgan fingerprint density at radius 2 is 1.92 bits per heavy atom. The second kappa shape index (κ2) is 3.81. The molecule has 0 fully saturated rings. The molecular weight excluding hydrogens is 152 g/mol. The number of rotatable bonds is 3. The molecule has 12 heavy (non-hydrogen) atoms. The smallest absolute Gasteiger partial charge is 0.214 e. The second-order valence-electron chi connectivity index (χ2n) is 2.57. The molecule has 0 spiro atoms.